The molecule has 0 bridgehead atoms. The van der Waals surface area contributed by atoms with Crippen LogP contribution in [0.1, 0.15) is 24.5 Å². The molecule has 2 aromatic carbocycles. The molecule has 2 amide bonds. The Balaban J connectivity index is 1.94. The fraction of sp³-hybridized carbons (Fsp3) is 0.304. The molecular formula is C23H25ClN2O4. The standard InChI is InChI=1S/C23H25ClN2O4/c1-3-14-30-19-10-6-17(7-11-19)20-21(25(2)12-13-27)23(29)26(22(20)28)15-16-4-8-18(24)9-5-16/h4-11,27H,3,12-15H2,1-2H3. The van der Waals surface area contributed by atoms with Gasteiger partial charge in [-0.15, -0.1) is 0 Å². The Hall–Kier alpha value is -2.83. The number of ether oxygens (including phenoxy) is 1. The highest BCUT2D eigenvalue weighted by Crippen LogP contribution is 2.33. The van der Waals surface area contributed by atoms with Crippen molar-refractivity contribution in [2.24, 2.45) is 0 Å². The minimum atomic E-state index is -0.382. The van der Waals surface area contributed by atoms with Crippen LogP contribution < -0.4 is 4.74 Å². The van der Waals surface area contributed by atoms with Crippen LogP contribution in [0.25, 0.3) is 5.57 Å². The molecule has 1 N–H and O–H groups in total. The number of carbonyl (C=O) groups is 2. The maximum atomic E-state index is 13.3. The molecule has 0 fully saturated rings. The van der Waals surface area contributed by atoms with Gasteiger partial charge in [0.05, 0.1) is 25.3 Å². The second-order valence-electron chi connectivity index (χ2n) is 7.06. The Labute approximate surface area is 181 Å². The smallest absolute Gasteiger partial charge is 0.278 e. The van der Waals surface area contributed by atoms with E-state index in [1.165, 1.54) is 4.90 Å². The van der Waals surface area contributed by atoms with Crippen molar-refractivity contribution in [3.05, 3.63) is 70.4 Å². The Bertz CT molecular complexity index is 939. The van der Waals surface area contributed by atoms with E-state index in [1.54, 1.807) is 60.5 Å². The van der Waals surface area contributed by atoms with Gasteiger partial charge >= 0.3 is 0 Å². The summed E-state index contributed by atoms with van der Waals surface area (Å²) in [5.74, 6) is -0.0366. The van der Waals surface area contributed by atoms with Gasteiger partial charge in [0.25, 0.3) is 11.8 Å². The summed E-state index contributed by atoms with van der Waals surface area (Å²) in [7, 11) is 1.70. The molecule has 0 aliphatic carbocycles. The molecule has 0 atom stereocenters. The zero-order valence-corrected chi connectivity index (χ0v) is 17.9. The van der Waals surface area contributed by atoms with Crippen LogP contribution in [-0.4, -0.2) is 53.5 Å². The molecular weight excluding hydrogens is 404 g/mol. The first-order valence-corrected chi connectivity index (χ1v) is 10.2. The topological polar surface area (TPSA) is 70.1 Å². The van der Waals surface area contributed by atoms with Gasteiger partial charge in [0.2, 0.25) is 0 Å². The van der Waals surface area contributed by atoms with E-state index in [1.807, 2.05) is 6.92 Å². The van der Waals surface area contributed by atoms with E-state index in [2.05, 4.69) is 0 Å². The molecule has 1 aliphatic heterocycles. The van der Waals surface area contributed by atoms with E-state index >= 15 is 0 Å². The molecule has 0 aromatic heterocycles. The Morgan fingerprint density at radius 3 is 2.30 bits per heavy atom. The van der Waals surface area contributed by atoms with Crippen LogP contribution in [0.5, 0.6) is 5.75 Å². The number of rotatable bonds is 9. The number of carbonyl (C=O) groups excluding carboxylic acids is 2. The molecule has 0 saturated carbocycles. The van der Waals surface area contributed by atoms with Gasteiger partial charge in [0.15, 0.2) is 0 Å². The molecule has 158 valence electrons. The monoisotopic (exact) mass is 428 g/mol. The summed E-state index contributed by atoms with van der Waals surface area (Å²) in [4.78, 5) is 29.3. The molecule has 2 aromatic rings. The van der Waals surface area contributed by atoms with Crippen LogP contribution in [0.4, 0.5) is 0 Å². The van der Waals surface area contributed by atoms with Crippen molar-refractivity contribution in [1.29, 1.82) is 0 Å². The van der Waals surface area contributed by atoms with Gasteiger partial charge in [-0.3, -0.25) is 14.5 Å². The van der Waals surface area contributed by atoms with Crippen LogP contribution in [-0.2, 0) is 16.1 Å². The van der Waals surface area contributed by atoms with Gasteiger partial charge in [0, 0.05) is 18.6 Å². The van der Waals surface area contributed by atoms with Crippen LogP contribution in [0.3, 0.4) is 0 Å². The minimum Gasteiger partial charge on any atom is -0.494 e. The lowest BCUT2D eigenvalue weighted by Gasteiger charge is -2.20. The molecule has 0 saturated heterocycles. The number of benzene rings is 2. The highest BCUT2D eigenvalue weighted by atomic mass is 35.5. The van der Waals surface area contributed by atoms with E-state index in [9.17, 15) is 14.7 Å². The number of nitrogens with zero attached hydrogens (tertiary/aromatic N) is 2. The van der Waals surface area contributed by atoms with Gasteiger partial charge in [0.1, 0.15) is 11.4 Å². The lowest BCUT2D eigenvalue weighted by molar-refractivity contribution is -0.138. The van der Waals surface area contributed by atoms with E-state index in [0.29, 0.717) is 28.5 Å². The molecule has 3 rings (SSSR count). The number of hydrogen-bond donors (Lipinski definition) is 1. The lowest BCUT2D eigenvalue weighted by Crippen LogP contribution is -2.34. The fourth-order valence-electron chi connectivity index (χ4n) is 3.29. The van der Waals surface area contributed by atoms with Crippen LogP contribution in [0.2, 0.25) is 5.02 Å². The largest absolute Gasteiger partial charge is 0.494 e. The van der Waals surface area contributed by atoms with Crippen molar-refractivity contribution >= 4 is 29.0 Å². The van der Waals surface area contributed by atoms with E-state index in [-0.39, 0.29) is 37.2 Å². The molecule has 1 heterocycles. The molecule has 0 unspecified atom stereocenters. The average Bonchev–Trinajstić information content (AvgIpc) is 2.99. The van der Waals surface area contributed by atoms with Crippen molar-refractivity contribution < 1.29 is 19.4 Å². The zero-order chi connectivity index (χ0) is 21.7. The summed E-state index contributed by atoms with van der Waals surface area (Å²) in [5, 5.41) is 9.94. The van der Waals surface area contributed by atoms with Crippen molar-refractivity contribution in [2.45, 2.75) is 19.9 Å². The predicted molar refractivity (Wildman–Crippen MR) is 116 cm³/mol. The van der Waals surface area contributed by atoms with Gasteiger partial charge in [-0.1, -0.05) is 42.8 Å². The number of halogens is 1. The summed E-state index contributed by atoms with van der Waals surface area (Å²) in [5.41, 5.74) is 2.04. The molecule has 30 heavy (non-hydrogen) atoms. The fourth-order valence-corrected chi connectivity index (χ4v) is 3.42. The van der Waals surface area contributed by atoms with Gasteiger partial charge in [-0.2, -0.15) is 0 Å². The van der Waals surface area contributed by atoms with Crippen molar-refractivity contribution in [1.82, 2.24) is 9.80 Å². The highest BCUT2D eigenvalue weighted by Gasteiger charge is 2.40. The second-order valence-corrected chi connectivity index (χ2v) is 7.50. The normalized spacial score (nSPS) is 13.9. The average molecular weight is 429 g/mol. The van der Waals surface area contributed by atoms with Crippen LogP contribution in [0.15, 0.2) is 54.2 Å². The van der Waals surface area contributed by atoms with E-state index < -0.39 is 0 Å². The quantitative estimate of drug-likeness (QED) is 0.620. The Morgan fingerprint density at radius 1 is 1.03 bits per heavy atom. The van der Waals surface area contributed by atoms with Crippen molar-refractivity contribution in [3.63, 3.8) is 0 Å². The lowest BCUT2D eigenvalue weighted by atomic mass is 10.0. The molecule has 1 aliphatic rings. The molecule has 0 radical (unpaired) electrons. The van der Waals surface area contributed by atoms with Gasteiger partial charge in [-0.25, -0.2) is 0 Å². The maximum Gasteiger partial charge on any atom is 0.278 e. The van der Waals surface area contributed by atoms with Crippen molar-refractivity contribution in [2.75, 3.05) is 26.8 Å². The maximum absolute atomic E-state index is 13.3. The summed E-state index contributed by atoms with van der Waals surface area (Å²) in [6.07, 6.45) is 0.898. The SMILES string of the molecule is CCCOc1ccc(C2=C(N(C)CCO)C(=O)N(Cc3ccc(Cl)cc3)C2=O)cc1. The van der Waals surface area contributed by atoms with Gasteiger partial charge in [-0.05, 0) is 41.8 Å². The van der Waals surface area contributed by atoms with E-state index in [4.69, 9.17) is 16.3 Å². The van der Waals surface area contributed by atoms with E-state index in [0.717, 1.165) is 12.0 Å². The third-order valence-electron chi connectivity index (χ3n) is 4.83. The zero-order valence-electron chi connectivity index (χ0n) is 17.1. The number of aliphatic hydroxyl groups is 1. The minimum absolute atomic E-state index is 0.129. The summed E-state index contributed by atoms with van der Waals surface area (Å²) >= 11 is 5.94. The third kappa shape index (κ3) is 4.66. The van der Waals surface area contributed by atoms with Gasteiger partial charge < -0.3 is 14.7 Å². The summed E-state index contributed by atoms with van der Waals surface area (Å²) in [6.45, 7) is 2.89. The summed E-state index contributed by atoms with van der Waals surface area (Å²) in [6, 6.07) is 14.2. The summed E-state index contributed by atoms with van der Waals surface area (Å²) < 4.78 is 5.61. The number of amides is 2. The molecule has 6 nitrogen and oxygen atoms in total. The Morgan fingerprint density at radius 2 is 1.70 bits per heavy atom. The highest BCUT2D eigenvalue weighted by molar-refractivity contribution is 6.35. The number of imide groups is 1. The van der Waals surface area contributed by atoms with Crippen LogP contribution in [0, 0.1) is 0 Å². The third-order valence-corrected chi connectivity index (χ3v) is 5.08. The first-order valence-electron chi connectivity index (χ1n) is 9.86. The number of likely N-dealkylation sites (N-methyl/N-ethyl adjacent to an activating group) is 1. The number of hydrogen-bond acceptors (Lipinski definition) is 5. The second kappa shape index (κ2) is 9.78. The first-order chi connectivity index (χ1) is 14.5. The first kappa shape index (κ1) is 21.9. The number of aliphatic hydroxyl groups excluding tert-OH is 1. The molecule has 0 spiro atoms. The van der Waals surface area contributed by atoms with Crippen molar-refractivity contribution in [3.8, 4) is 5.75 Å². The Kier molecular flexibility index (Phi) is 7.13. The van der Waals surface area contributed by atoms with Crippen LogP contribution >= 0.6 is 11.6 Å². The molecule has 7 heteroatoms. The predicted octanol–water partition coefficient (Wildman–Crippen LogP) is 3.33.